The Kier molecular flexibility index (Phi) is 4.54. The van der Waals surface area contributed by atoms with Crippen molar-refractivity contribution in [3.63, 3.8) is 0 Å². The molecule has 98 valence electrons. The van der Waals surface area contributed by atoms with Crippen LogP contribution in [-0.2, 0) is 6.54 Å². The molecule has 0 unspecified atom stereocenters. The Bertz CT molecular complexity index is 445. The molecule has 0 radical (unpaired) electrons. The lowest BCUT2D eigenvalue weighted by Crippen LogP contribution is -2.37. The molecule has 0 aromatic heterocycles. The van der Waals surface area contributed by atoms with Crippen molar-refractivity contribution in [3.8, 4) is 0 Å². The lowest BCUT2D eigenvalue weighted by molar-refractivity contribution is 0.202. The fourth-order valence-electron chi connectivity index (χ4n) is 2.28. The van der Waals surface area contributed by atoms with Crippen LogP contribution in [0, 0.1) is 11.7 Å². The van der Waals surface area contributed by atoms with E-state index in [9.17, 15) is 4.39 Å². The van der Waals surface area contributed by atoms with Crippen molar-refractivity contribution in [2.24, 2.45) is 11.7 Å². The molecule has 0 amide bonds. The van der Waals surface area contributed by atoms with Crippen LogP contribution in [0.4, 0.5) is 4.39 Å². The summed E-state index contributed by atoms with van der Waals surface area (Å²) in [6, 6.07) is 4.49. The monoisotopic (exact) mass is 286 g/mol. The molecule has 0 saturated carbocycles. The van der Waals surface area contributed by atoms with E-state index in [1.54, 1.807) is 6.07 Å². The maximum Gasteiger partial charge on any atom is 0.123 e. The number of hydrogen-bond donors (Lipinski definition) is 1. The van der Waals surface area contributed by atoms with E-state index >= 15 is 0 Å². The van der Waals surface area contributed by atoms with Gasteiger partial charge in [-0.25, -0.2) is 4.39 Å². The average Bonchev–Trinajstić information content (AvgIpc) is 2.34. The number of thiocarbonyl (C=S) groups is 1. The summed E-state index contributed by atoms with van der Waals surface area (Å²) in [5.41, 5.74) is 6.49. The molecule has 0 aliphatic carbocycles. The highest BCUT2D eigenvalue weighted by Crippen LogP contribution is 2.23. The predicted molar refractivity (Wildman–Crippen MR) is 76.2 cm³/mol. The zero-order chi connectivity index (χ0) is 13.1. The van der Waals surface area contributed by atoms with Gasteiger partial charge in [0, 0.05) is 17.5 Å². The molecule has 1 aliphatic rings. The molecule has 1 heterocycles. The minimum atomic E-state index is -0.243. The van der Waals surface area contributed by atoms with E-state index in [4.69, 9.17) is 29.6 Å². The smallest absolute Gasteiger partial charge is 0.123 e. The zero-order valence-corrected chi connectivity index (χ0v) is 11.6. The van der Waals surface area contributed by atoms with Crippen LogP contribution in [0.3, 0.4) is 0 Å². The third-order valence-electron chi connectivity index (χ3n) is 3.39. The summed E-state index contributed by atoms with van der Waals surface area (Å²) in [5.74, 6) is 0.103. The second-order valence-corrected chi connectivity index (χ2v) is 5.57. The Morgan fingerprint density at radius 3 is 2.72 bits per heavy atom. The normalized spacial score (nSPS) is 17.9. The summed E-state index contributed by atoms with van der Waals surface area (Å²) < 4.78 is 13.2. The van der Waals surface area contributed by atoms with Crippen molar-refractivity contribution in [2.75, 3.05) is 13.1 Å². The van der Waals surface area contributed by atoms with Crippen LogP contribution < -0.4 is 5.73 Å². The number of rotatable bonds is 3. The van der Waals surface area contributed by atoms with E-state index in [1.807, 2.05) is 0 Å². The first-order valence-corrected chi connectivity index (χ1v) is 6.80. The van der Waals surface area contributed by atoms with Crippen LogP contribution in [0.25, 0.3) is 0 Å². The topological polar surface area (TPSA) is 29.3 Å². The third-order valence-corrected chi connectivity index (χ3v) is 4.09. The highest BCUT2D eigenvalue weighted by atomic mass is 35.5. The van der Waals surface area contributed by atoms with Crippen molar-refractivity contribution in [3.05, 3.63) is 34.6 Å². The van der Waals surface area contributed by atoms with Crippen LogP contribution in [0.15, 0.2) is 18.2 Å². The van der Waals surface area contributed by atoms with E-state index in [1.165, 1.54) is 12.1 Å². The molecule has 1 aromatic rings. The van der Waals surface area contributed by atoms with E-state index in [-0.39, 0.29) is 5.82 Å². The van der Waals surface area contributed by atoms with Gasteiger partial charge in [0.2, 0.25) is 0 Å². The van der Waals surface area contributed by atoms with E-state index in [2.05, 4.69) is 4.90 Å². The highest BCUT2D eigenvalue weighted by molar-refractivity contribution is 7.80. The quantitative estimate of drug-likeness (QED) is 0.866. The third kappa shape index (κ3) is 3.40. The summed E-state index contributed by atoms with van der Waals surface area (Å²) in [6.07, 6.45) is 1.95. The van der Waals surface area contributed by atoms with Crippen LogP contribution >= 0.6 is 23.8 Å². The van der Waals surface area contributed by atoms with Crippen molar-refractivity contribution in [2.45, 2.75) is 19.4 Å². The molecule has 1 fully saturated rings. The molecule has 1 aromatic carbocycles. The van der Waals surface area contributed by atoms with Gasteiger partial charge in [0.05, 0.1) is 4.99 Å². The Balaban J connectivity index is 1.95. The summed E-state index contributed by atoms with van der Waals surface area (Å²) in [5, 5.41) is 0.618. The molecular weight excluding hydrogens is 271 g/mol. The number of hydrogen-bond acceptors (Lipinski definition) is 2. The molecule has 2 nitrogen and oxygen atoms in total. The predicted octanol–water partition coefficient (Wildman–Crippen LogP) is 2.98. The summed E-state index contributed by atoms with van der Waals surface area (Å²) in [4.78, 5) is 2.87. The van der Waals surface area contributed by atoms with Gasteiger partial charge in [-0.3, -0.25) is 4.90 Å². The van der Waals surface area contributed by atoms with Gasteiger partial charge in [-0.05, 0) is 49.7 Å². The number of halogens is 2. The van der Waals surface area contributed by atoms with Gasteiger partial charge < -0.3 is 5.73 Å². The first-order chi connectivity index (χ1) is 8.56. The van der Waals surface area contributed by atoms with Gasteiger partial charge in [0.25, 0.3) is 0 Å². The summed E-state index contributed by atoms with van der Waals surface area (Å²) in [7, 11) is 0. The number of benzene rings is 1. The van der Waals surface area contributed by atoms with Crippen LogP contribution in [0.5, 0.6) is 0 Å². The molecule has 1 aliphatic heterocycles. The molecule has 1 saturated heterocycles. The summed E-state index contributed by atoms with van der Waals surface area (Å²) >= 11 is 11.1. The van der Waals surface area contributed by atoms with Crippen LogP contribution in [0.1, 0.15) is 18.4 Å². The van der Waals surface area contributed by atoms with Crippen LogP contribution in [-0.4, -0.2) is 23.0 Å². The average molecular weight is 287 g/mol. The molecule has 5 heteroatoms. The minimum absolute atomic E-state index is 0.243. The van der Waals surface area contributed by atoms with Crippen molar-refractivity contribution < 1.29 is 4.39 Å². The Hall–Kier alpha value is -0.710. The fraction of sp³-hybridized carbons (Fsp3) is 0.462. The molecule has 2 N–H and O–H groups in total. The maximum atomic E-state index is 13.2. The lowest BCUT2D eigenvalue weighted by atomic mass is 9.96. The summed E-state index contributed by atoms with van der Waals surface area (Å²) in [6.45, 7) is 2.53. The van der Waals surface area contributed by atoms with Gasteiger partial charge in [0.15, 0.2) is 0 Å². The molecule has 2 rings (SSSR count). The molecular formula is C13H16ClFN2S. The second-order valence-electron chi connectivity index (χ2n) is 4.69. The SMILES string of the molecule is NC(=S)C1CCN(Cc2cc(F)ccc2Cl)CC1. The standard InChI is InChI=1S/C13H16ClFN2S/c14-12-2-1-11(15)7-10(12)8-17-5-3-9(4-6-17)13(16)18/h1-2,7,9H,3-6,8H2,(H2,16,18). The minimum Gasteiger partial charge on any atom is -0.393 e. The number of nitrogens with zero attached hydrogens (tertiary/aromatic N) is 1. The van der Waals surface area contributed by atoms with Gasteiger partial charge in [-0.15, -0.1) is 0 Å². The Morgan fingerprint density at radius 2 is 2.11 bits per heavy atom. The van der Waals surface area contributed by atoms with E-state index < -0.39 is 0 Å². The number of likely N-dealkylation sites (tertiary alicyclic amines) is 1. The molecule has 0 bridgehead atoms. The first kappa shape index (κ1) is 13.7. The van der Waals surface area contributed by atoms with Crippen molar-refractivity contribution >= 4 is 28.8 Å². The Morgan fingerprint density at radius 1 is 1.44 bits per heavy atom. The first-order valence-electron chi connectivity index (χ1n) is 6.02. The maximum absolute atomic E-state index is 13.2. The molecule has 18 heavy (non-hydrogen) atoms. The fourth-order valence-corrected chi connectivity index (χ4v) is 2.69. The highest BCUT2D eigenvalue weighted by Gasteiger charge is 2.21. The van der Waals surface area contributed by atoms with Gasteiger partial charge in [0.1, 0.15) is 5.82 Å². The number of nitrogens with two attached hydrogens (primary N) is 1. The largest absolute Gasteiger partial charge is 0.393 e. The van der Waals surface area contributed by atoms with Crippen LogP contribution in [0.2, 0.25) is 5.02 Å². The zero-order valence-electron chi connectivity index (χ0n) is 10.0. The Labute approximate surface area is 117 Å². The van der Waals surface area contributed by atoms with Gasteiger partial charge >= 0.3 is 0 Å². The lowest BCUT2D eigenvalue weighted by Gasteiger charge is -2.31. The van der Waals surface area contributed by atoms with Gasteiger partial charge in [-0.1, -0.05) is 23.8 Å². The second kappa shape index (κ2) is 5.95. The van der Waals surface area contributed by atoms with E-state index in [0.717, 1.165) is 31.5 Å². The van der Waals surface area contributed by atoms with Crippen molar-refractivity contribution in [1.29, 1.82) is 0 Å². The van der Waals surface area contributed by atoms with E-state index in [0.29, 0.717) is 22.5 Å². The number of piperidine rings is 1. The van der Waals surface area contributed by atoms with Gasteiger partial charge in [-0.2, -0.15) is 0 Å². The molecule has 0 atom stereocenters. The van der Waals surface area contributed by atoms with Crippen molar-refractivity contribution in [1.82, 2.24) is 4.90 Å². The molecule has 0 spiro atoms.